The summed E-state index contributed by atoms with van der Waals surface area (Å²) in [5.41, 5.74) is 5.62. The summed E-state index contributed by atoms with van der Waals surface area (Å²) in [7, 11) is -1.76. The molecule has 0 bridgehead atoms. The maximum absolute atomic E-state index is 12.1. The molecule has 7 nitrogen and oxygen atoms in total. The highest BCUT2D eigenvalue weighted by Crippen LogP contribution is 2.17. The van der Waals surface area contributed by atoms with Crippen LogP contribution in [0.5, 0.6) is 0 Å². The molecule has 1 unspecified atom stereocenters. The highest BCUT2D eigenvalue weighted by Gasteiger charge is 2.27. The molecular weight excluding hydrogens is 282 g/mol. The SMILES string of the molecule is COCCOCCCNS(=O)(=O)N1CCCC(CN)C1. The number of nitrogens with zero attached hydrogens (tertiary/aromatic N) is 1. The molecule has 0 radical (unpaired) electrons. The van der Waals surface area contributed by atoms with Crippen LogP contribution in [-0.2, 0) is 19.7 Å². The van der Waals surface area contributed by atoms with Crippen molar-refractivity contribution in [2.75, 3.05) is 53.1 Å². The summed E-state index contributed by atoms with van der Waals surface area (Å²) in [6.45, 7) is 3.65. The van der Waals surface area contributed by atoms with Gasteiger partial charge in [-0.15, -0.1) is 0 Å². The number of piperidine rings is 1. The van der Waals surface area contributed by atoms with E-state index in [2.05, 4.69) is 4.72 Å². The first-order chi connectivity index (χ1) is 9.60. The first-order valence-electron chi connectivity index (χ1n) is 7.11. The van der Waals surface area contributed by atoms with E-state index < -0.39 is 10.2 Å². The molecule has 1 heterocycles. The Hall–Kier alpha value is -0.250. The molecule has 1 saturated heterocycles. The highest BCUT2D eigenvalue weighted by atomic mass is 32.2. The Morgan fingerprint density at radius 2 is 2.15 bits per heavy atom. The summed E-state index contributed by atoms with van der Waals surface area (Å²) in [5, 5.41) is 0. The molecule has 3 N–H and O–H groups in total. The van der Waals surface area contributed by atoms with Gasteiger partial charge in [-0.05, 0) is 31.7 Å². The molecule has 1 fully saturated rings. The Morgan fingerprint density at radius 3 is 2.85 bits per heavy atom. The molecule has 0 aromatic heterocycles. The fourth-order valence-corrected chi connectivity index (χ4v) is 3.51. The van der Waals surface area contributed by atoms with E-state index in [1.165, 1.54) is 4.31 Å². The third-order valence-electron chi connectivity index (χ3n) is 3.34. The number of nitrogens with one attached hydrogen (secondary N) is 1. The Kier molecular flexibility index (Phi) is 8.58. The Labute approximate surface area is 122 Å². The molecule has 1 aliphatic rings. The lowest BCUT2D eigenvalue weighted by Gasteiger charge is -2.31. The average Bonchev–Trinajstić information content (AvgIpc) is 2.46. The van der Waals surface area contributed by atoms with Gasteiger partial charge >= 0.3 is 0 Å². The first-order valence-corrected chi connectivity index (χ1v) is 8.55. The van der Waals surface area contributed by atoms with Crippen LogP contribution in [-0.4, -0.2) is 65.8 Å². The van der Waals surface area contributed by atoms with Crippen molar-refractivity contribution in [2.45, 2.75) is 19.3 Å². The van der Waals surface area contributed by atoms with Crippen molar-refractivity contribution in [2.24, 2.45) is 11.7 Å². The summed E-state index contributed by atoms with van der Waals surface area (Å²) >= 11 is 0. The summed E-state index contributed by atoms with van der Waals surface area (Å²) in [5.74, 6) is 0.276. The second-order valence-corrected chi connectivity index (χ2v) is 6.72. The largest absolute Gasteiger partial charge is 0.382 e. The third kappa shape index (κ3) is 6.47. The summed E-state index contributed by atoms with van der Waals surface area (Å²) in [4.78, 5) is 0. The number of rotatable bonds is 10. The van der Waals surface area contributed by atoms with E-state index in [1.54, 1.807) is 7.11 Å². The molecule has 1 atom stereocenters. The zero-order chi connectivity index (χ0) is 14.8. The van der Waals surface area contributed by atoms with Gasteiger partial charge in [0.2, 0.25) is 0 Å². The fraction of sp³-hybridized carbons (Fsp3) is 1.00. The van der Waals surface area contributed by atoms with Crippen LogP contribution in [0.1, 0.15) is 19.3 Å². The minimum absolute atomic E-state index is 0.276. The van der Waals surface area contributed by atoms with Gasteiger partial charge in [0.05, 0.1) is 13.2 Å². The van der Waals surface area contributed by atoms with Crippen molar-refractivity contribution < 1.29 is 17.9 Å². The lowest BCUT2D eigenvalue weighted by atomic mass is 10.0. The summed E-state index contributed by atoms with van der Waals surface area (Å²) in [6, 6.07) is 0. The van der Waals surface area contributed by atoms with Crippen LogP contribution in [0.3, 0.4) is 0 Å². The number of ether oxygens (including phenoxy) is 2. The molecule has 0 aromatic carbocycles. The van der Waals surface area contributed by atoms with E-state index in [1.807, 2.05) is 0 Å². The maximum Gasteiger partial charge on any atom is 0.279 e. The smallest absolute Gasteiger partial charge is 0.279 e. The second kappa shape index (κ2) is 9.64. The maximum atomic E-state index is 12.1. The molecule has 0 aromatic rings. The van der Waals surface area contributed by atoms with Gasteiger partial charge in [0.25, 0.3) is 10.2 Å². The zero-order valence-electron chi connectivity index (χ0n) is 12.2. The van der Waals surface area contributed by atoms with Crippen LogP contribution in [0.25, 0.3) is 0 Å². The van der Waals surface area contributed by atoms with Crippen molar-refractivity contribution >= 4 is 10.2 Å². The quantitative estimate of drug-likeness (QED) is 0.533. The van der Waals surface area contributed by atoms with Crippen LogP contribution in [0.2, 0.25) is 0 Å². The number of hydrogen-bond donors (Lipinski definition) is 2. The molecule has 120 valence electrons. The predicted octanol–water partition coefficient (Wildman–Crippen LogP) is -0.455. The van der Waals surface area contributed by atoms with E-state index in [0.29, 0.717) is 52.4 Å². The van der Waals surface area contributed by atoms with Crippen molar-refractivity contribution in [3.05, 3.63) is 0 Å². The molecule has 0 saturated carbocycles. The van der Waals surface area contributed by atoms with E-state index in [4.69, 9.17) is 15.2 Å². The van der Waals surface area contributed by atoms with Gasteiger partial charge in [-0.25, -0.2) is 4.72 Å². The minimum Gasteiger partial charge on any atom is -0.382 e. The van der Waals surface area contributed by atoms with E-state index in [0.717, 1.165) is 12.8 Å². The Bertz CT molecular complexity index is 351. The van der Waals surface area contributed by atoms with Crippen LogP contribution in [0.4, 0.5) is 0 Å². The van der Waals surface area contributed by atoms with Gasteiger partial charge < -0.3 is 15.2 Å². The zero-order valence-corrected chi connectivity index (χ0v) is 13.0. The van der Waals surface area contributed by atoms with Gasteiger partial charge in [0.1, 0.15) is 0 Å². The normalized spacial score (nSPS) is 21.2. The van der Waals surface area contributed by atoms with Gasteiger partial charge in [-0.2, -0.15) is 12.7 Å². The molecule has 0 amide bonds. The predicted molar refractivity (Wildman–Crippen MR) is 77.6 cm³/mol. The molecule has 1 aliphatic heterocycles. The van der Waals surface area contributed by atoms with Crippen LogP contribution in [0.15, 0.2) is 0 Å². The standard InChI is InChI=1S/C12H27N3O4S/c1-18-8-9-19-7-3-5-14-20(16,17)15-6-2-4-12(10-13)11-15/h12,14H,2-11,13H2,1H3. The Balaban J connectivity index is 2.20. The third-order valence-corrected chi connectivity index (χ3v) is 4.92. The van der Waals surface area contributed by atoms with Gasteiger partial charge in [-0.3, -0.25) is 0 Å². The molecule has 20 heavy (non-hydrogen) atoms. The molecular formula is C12H27N3O4S. The van der Waals surface area contributed by atoms with E-state index in [9.17, 15) is 8.42 Å². The van der Waals surface area contributed by atoms with Crippen LogP contribution in [0, 0.1) is 5.92 Å². The molecule has 0 aliphatic carbocycles. The average molecular weight is 309 g/mol. The van der Waals surface area contributed by atoms with Gasteiger partial charge in [0, 0.05) is 33.4 Å². The van der Waals surface area contributed by atoms with E-state index >= 15 is 0 Å². The lowest BCUT2D eigenvalue weighted by Crippen LogP contribution is -2.47. The van der Waals surface area contributed by atoms with Crippen LogP contribution < -0.4 is 10.5 Å². The van der Waals surface area contributed by atoms with Crippen molar-refractivity contribution in [1.29, 1.82) is 0 Å². The minimum atomic E-state index is -3.38. The molecule has 1 rings (SSSR count). The number of nitrogens with two attached hydrogens (primary N) is 1. The molecule has 8 heteroatoms. The Morgan fingerprint density at radius 1 is 1.35 bits per heavy atom. The second-order valence-electron chi connectivity index (χ2n) is 4.96. The fourth-order valence-electron chi connectivity index (χ4n) is 2.15. The van der Waals surface area contributed by atoms with Crippen molar-refractivity contribution in [3.63, 3.8) is 0 Å². The van der Waals surface area contributed by atoms with E-state index in [-0.39, 0.29) is 5.92 Å². The van der Waals surface area contributed by atoms with Gasteiger partial charge in [0.15, 0.2) is 0 Å². The highest BCUT2D eigenvalue weighted by molar-refractivity contribution is 7.87. The van der Waals surface area contributed by atoms with Gasteiger partial charge in [-0.1, -0.05) is 0 Å². The first kappa shape index (κ1) is 17.8. The van der Waals surface area contributed by atoms with Crippen molar-refractivity contribution in [3.8, 4) is 0 Å². The summed E-state index contributed by atoms with van der Waals surface area (Å²) < 4.78 is 38.4. The van der Waals surface area contributed by atoms with Crippen LogP contribution >= 0.6 is 0 Å². The molecule has 0 spiro atoms. The number of hydrogen-bond acceptors (Lipinski definition) is 5. The topological polar surface area (TPSA) is 93.9 Å². The number of methoxy groups -OCH3 is 1. The summed E-state index contributed by atoms with van der Waals surface area (Å²) in [6.07, 6.45) is 2.54. The monoisotopic (exact) mass is 309 g/mol. The van der Waals surface area contributed by atoms with Crippen molar-refractivity contribution in [1.82, 2.24) is 9.03 Å². The lowest BCUT2D eigenvalue weighted by molar-refractivity contribution is 0.0699.